The van der Waals surface area contributed by atoms with Crippen molar-refractivity contribution < 1.29 is 14.3 Å². The van der Waals surface area contributed by atoms with Gasteiger partial charge in [0.1, 0.15) is 5.69 Å². The summed E-state index contributed by atoms with van der Waals surface area (Å²) in [5.74, 6) is -0.654. The number of carbonyl (C=O) groups excluding carboxylic acids is 2. The van der Waals surface area contributed by atoms with Crippen molar-refractivity contribution in [2.24, 2.45) is 0 Å². The lowest BCUT2D eigenvalue weighted by Crippen LogP contribution is -2.51. The Morgan fingerprint density at radius 2 is 1.69 bits per heavy atom. The molecule has 1 fully saturated rings. The molecule has 3 aromatic rings. The molecule has 29 heavy (non-hydrogen) atoms. The SMILES string of the molecule is CC(OC(=O)c1cc2ccccc2[nH]1)C(=O)N1CCN(Cc2ccccc2)CC1. The van der Waals surface area contributed by atoms with Gasteiger partial charge >= 0.3 is 5.97 Å². The number of aromatic amines is 1. The summed E-state index contributed by atoms with van der Waals surface area (Å²) >= 11 is 0. The lowest BCUT2D eigenvalue weighted by atomic mass is 10.2. The van der Waals surface area contributed by atoms with Crippen molar-refractivity contribution in [3.05, 3.63) is 71.9 Å². The summed E-state index contributed by atoms with van der Waals surface area (Å²) < 4.78 is 5.43. The number of hydrogen-bond donors (Lipinski definition) is 1. The van der Waals surface area contributed by atoms with E-state index in [0.717, 1.165) is 30.5 Å². The monoisotopic (exact) mass is 391 g/mol. The molecule has 1 aliphatic heterocycles. The van der Waals surface area contributed by atoms with Crippen molar-refractivity contribution in [2.75, 3.05) is 26.2 Å². The molecule has 4 rings (SSSR count). The van der Waals surface area contributed by atoms with Crippen molar-refractivity contribution in [3.63, 3.8) is 0 Å². The van der Waals surface area contributed by atoms with Crippen LogP contribution in [0.15, 0.2) is 60.7 Å². The predicted octanol–water partition coefficient (Wildman–Crippen LogP) is 3.06. The van der Waals surface area contributed by atoms with Gasteiger partial charge in [-0.3, -0.25) is 9.69 Å². The van der Waals surface area contributed by atoms with Crippen LogP contribution in [0.1, 0.15) is 23.0 Å². The van der Waals surface area contributed by atoms with Crippen LogP contribution in [0.25, 0.3) is 10.9 Å². The second-order valence-corrected chi connectivity index (χ2v) is 7.40. The lowest BCUT2D eigenvalue weighted by molar-refractivity contribution is -0.141. The number of nitrogens with one attached hydrogen (secondary N) is 1. The largest absolute Gasteiger partial charge is 0.448 e. The number of aromatic nitrogens is 1. The molecule has 6 nitrogen and oxygen atoms in total. The van der Waals surface area contributed by atoms with Crippen LogP contribution in [0.5, 0.6) is 0 Å². The molecular weight excluding hydrogens is 366 g/mol. The standard InChI is InChI=1S/C23H25N3O3/c1-17(29-23(28)21-15-19-9-5-6-10-20(19)24-21)22(27)26-13-11-25(12-14-26)16-18-7-3-2-4-8-18/h2-10,15,17,24H,11-14,16H2,1H3. The Morgan fingerprint density at radius 3 is 2.41 bits per heavy atom. The number of rotatable bonds is 5. The highest BCUT2D eigenvalue weighted by Gasteiger charge is 2.27. The van der Waals surface area contributed by atoms with Gasteiger partial charge in [-0.2, -0.15) is 0 Å². The molecule has 0 aliphatic carbocycles. The first kappa shape index (κ1) is 19.2. The molecule has 0 radical (unpaired) electrons. The van der Waals surface area contributed by atoms with E-state index in [0.29, 0.717) is 18.8 Å². The van der Waals surface area contributed by atoms with E-state index in [1.54, 1.807) is 17.9 Å². The molecule has 150 valence electrons. The summed E-state index contributed by atoms with van der Waals surface area (Å²) in [5.41, 5.74) is 2.50. The van der Waals surface area contributed by atoms with Crippen LogP contribution < -0.4 is 0 Å². The lowest BCUT2D eigenvalue weighted by Gasteiger charge is -2.35. The van der Waals surface area contributed by atoms with Crippen LogP contribution in [0.3, 0.4) is 0 Å². The number of carbonyl (C=O) groups is 2. The van der Waals surface area contributed by atoms with Crippen LogP contribution in [0.2, 0.25) is 0 Å². The first-order valence-corrected chi connectivity index (χ1v) is 9.94. The number of esters is 1. The van der Waals surface area contributed by atoms with Crippen molar-refractivity contribution >= 4 is 22.8 Å². The minimum atomic E-state index is -0.811. The number of fused-ring (bicyclic) bond motifs is 1. The summed E-state index contributed by atoms with van der Waals surface area (Å²) in [7, 11) is 0. The number of H-pyrrole nitrogens is 1. The zero-order chi connectivity index (χ0) is 20.2. The first-order chi connectivity index (χ1) is 14.1. The Hall–Kier alpha value is -3.12. The van der Waals surface area contributed by atoms with Crippen LogP contribution in [0.4, 0.5) is 0 Å². The van der Waals surface area contributed by atoms with Gasteiger partial charge in [0.15, 0.2) is 6.10 Å². The molecule has 1 aliphatic rings. The summed E-state index contributed by atoms with van der Waals surface area (Å²) in [6.45, 7) is 5.42. The fourth-order valence-electron chi connectivity index (χ4n) is 3.68. The highest BCUT2D eigenvalue weighted by Crippen LogP contribution is 2.16. The molecule has 0 spiro atoms. The van der Waals surface area contributed by atoms with Crippen LogP contribution in [0, 0.1) is 0 Å². The molecule has 1 unspecified atom stereocenters. The van der Waals surface area contributed by atoms with Crippen LogP contribution >= 0.6 is 0 Å². The van der Waals surface area contributed by atoms with Gasteiger partial charge in [0.25, 0.3) is 5.91 Å². The van der Waals surface area contributed by atoms with E-state index >= 15 is 0 Å². The zero-order valence-electron chi connectivity index (χ0n) is 16.5. The molecule has 1 aromatic heterocycles. The molecule has 0 saturated carbocycles. The number of amides is 1. The number of nitrogens with zero attached hydrogens (tertiary/aromatic N) is 2. The van der Waals surface area contributed by atoms with E-state index in [4.69, 9.17) is 4.74 Å². The summed E-state index contributed by atoms with van der Waals surface area (Å²) in [4.78, 5) is 32.3. The minimum absolute atomic E-state index is 0.145. The number of ether oxygens (including phenoxy) is 1. The maximum atomic E-state index is 12.7. The van der Waals surface area contributed by atoms with E-state index in [9.17, 15) is 9.59 Å². The fourth-order valence-corrected chi connectivity index (χ4v) is 3.68. The van der Waals surface area contributed by atoms with Gasteiger partial charge in [-0.1, -0.05) is 48.5 Å². The maximum Gasteiger partial charge on any atom is 0.355 e. The van der Waals surface area contributed by atoms with Crippen LogP contribution in [-0.4, -0.2) is 58.9 Å². The van der Waals surface area contributed by atoms with Crippen molar-refractivity contribution in [2.45, 2.75) is 19.6 Å². The average Bonchev–Trinajstić information content (AvgIpc) is 3.19. The Bertz CT molecular complexity index is 958. The Labute approximate surface area is 170 Å². The second-order valence-electron chi connectivity index (χ2n) is 7.40. The van der Waals surface area contributed by atoms with Gasteiger partial charge in [-0.15, -0.1) is 0 Å². The average molecular weight is 391 g/mol. The summed E-state index contributed by atoms with van der Waals surface area (Å²) in [5, 5.41) is 0.938. The number of benzene rings is 2. The third kappa shape index (κ3) is 4.49. The quantitative estimate of drug-likeness (QED) is 0.679. The Balaban J connectivity index is 1.29. The third-order valence-electron chi connectivity index (χ3n) is 5.31. The van der Waals surface area contributed by atoms with E-state index in [1.165, 1.54) is 5.56 Å². The molecule has 2 heterocycles. The highest BCUT2D eigenvalue weighted by molar-refractivity contribution is 5.96. The van der Waals surface area contributed by atoms with Gasteiger partial charge in [-0.05, 0) is 24.6 Å². The van der Waals surface area contributed by atoms with Gasteiger partial charge < -0.3 is 14.6 Å². The first-order valence-electron chi connectivity index (χ1n) is 9.94. The number of piperazine rings is 1. The molecular formula is C23H25N3O3. The van der Waals surface area contributed by atoms with E-state index in [1.807, 2.05) is 42.5 Å². The molecule has 1 saturated heterocycles. The van der Waals surface area contributed by atoms with Crippen molar-refractivity contribution in [1.82, 2.24) is 14.8 Å². The van der Waals surface area contributed by atoms with E-state index < -0.39 is 12.1 Å². The molecule has 0 bridgehead atoms. The highest BCUT2D eigenvalue weighted by atomic mass is 16.5. The molecule has 1 N–H and O–H groups in total. The molecule has 1 amide bonds. The van der Waals surface area contributed by atoms with E-state index in [2.05, 4.69) is 22.0 Å². The van der Waals surface area contributed by atoms with Gasteiger partial charge in [0, 0.05) is 43.6 Å². The van der Waals surface area contributed by atoms with Gasteiger partial charge in [0.2, 0.25) is 0 Å². The van der Waals surface area contributed by atoms with Gasteiger partial charge in [0.05, 0.1) is 0 Å². The molecule has 6 heteroatoms. The van der Waals surface area contributed by atoms with E-state index in [-0.39, 0.29) is 5.91 Å². The summed E-state index contributed by atoms with van der Waals surface area (Å²) in [6, 6.07) is 19.7. The topological polar surface area (TPSA) is 65.6 Å². The Kier molecular flexibility index (Phi) is 5.62. The summed E-state index contributed by atoms with van der Waals surface area (Å²) in [6.07, 6.45) is -0.811. The smallest absolute Gasteiger partial charge is 0.355 e. The van der Waals surface area contributed by atoms with Crippen molar-refractivity contribution in [3.8, 4) is 0 Å². The van der Waals surface area contributed by atoms with Gasteiger partial charge in [-0.25, -0.2) is 4.79 Å². The predicted molar refractivity (Wildman–Crippen MR) is 111 cm³/mol. The Morgan fingerprint density at radius 1 is 1.00 bits per heavy atom. The van der Waals surface area contributed by atoms with Crippen LogP contribution in [-0.2, 0) is 16.1 Å². The fraction of sp³-hybridized carbons (Fsp3) is 0.304. The second kappa shape index (κ2) is 8.49. The normalized spacial score (nSPS) is 16.0. The number of para-hydroxylation sites is 1. The maximum absolute atomic E-state index is 12.7. The molecule has 1 atom stereocenters. The third-order valence-corrected chi connectivity index (χ3v) is 5.31. The zero-order valence-corrected chi connectivity index (χ0v) is 16.5. The van der Waals surface area contributed by atoms with Crippen molar-refractivity contribution in [1.29, 1.82) is 0 Å². The molecule has 2 aromatic carbocycles. The minimum Gasteiger partial charge on any atom is -0.448 e. The number of hydrogen-bond acceptors (Lipinski definition) is 4.